The molecule has 0 amide bonds. The minimum Gasteiger partial charge on any atom is -0.478 e. The lowest BCUT2D eigenvalue weighted by molar-refractivity contribution is 0.0696. The van der Waals surface area contributed by atoms with E-state index in [2.05, 4.69) is 57.9 Å². The average Bonchev–Trinajstić information content (AvgIpc) is 3.61. The summed E-state index contributed by atoms with van der Waals surface area (Å²) >= 11 is 1.24. The van der Waals surface area contributed by atoms with Crippen LogP contribution in [0.4, 0.5) is 5.95 Å². The molecule has 0 aliphatic heterocycles. The zero-order valence-electron chi connectivity index (χ0n) is 27.2. The normalized spacial score (nSPS) is 14.3. The molecule has 1 atom stereocenters. The Labute approximate surface area is 278 Å². The molecule has 1 unspecified atom stereocenters. The zero-order chi connectivity index (χ0) is 33.1. The van der Waals surface area contributed by atoms with Crippen molar-refractivity contribution >= 4 is 35.2 Å². The summed E-state index contributed by atoms with van der Waals surface area (Å²) < 4.78 is 15.4. The number of ether oxygens (including phenoxy) is 1. The summed E-state index contributed by atoms with van der Waals surface area (Å²) in [6, 6.07) is 14.8. The molecule has 244 valence electrons. The fraction of sp³-hybridized carbons (Fsp3) is 0.371. The molecule has 0 saturated heterocycles. The highest BCUT2D eigenvalue weighted by Gasteiger charge is 2.39. The largest absolute Gasteiger partial charge is 0.478 e. The third-order valence-corrected chi connectivity index (χ3v) is 9.09. The van der Waals surface area contributed by atoms with Crippen molar-refractivity contribution in [3.05, 3.63) is 83.0 Å². The van der Waals surface area contributed by atoms with Crippen LogP contribution >= 0.6 is 11.9 Å². The minimum absolute atomic E-state index is 0.0316. The molecular weight excluding hydrogens is 614 g/mol. The summed E-state index contributed by atoms with van der Waals surface area (Å²) in [4.78, 5) is 35.3. The number of fused-ring (bicyclic) bond motifs is 1. The smallest absolute Gasteiger partial charge is 0.335 e. The Bertz CT molecular complexity index is 1890. The Kier molecular flexibility index (Phi) is 9.42. The van der Waals surface area contributed by atoms with Crippen molar-refractivity contribution in [3.63, 3.8) is 0 Å². The van der Waals surface area contributed by atoms with E-state index in [1.165, 1.54) is 24.8 Å². The van der Waals surface area contributed by atoms with Crippen molar-refractivity contribution < 1.29 is 19.1 Å². The number of aromatic nitrogens is 5. The maximum absolute atomic E-state index is 11.5. The first kappa shape index (κ1) is 32.4. The van der Waals surface area contributed by atoms with Crippen LogP contribution in [0.1, 0.15) is 79.0 Å². The Morgan fingerprint density at radius 1 is 1.06 bits per heavy atom. The Morgan fingerprint density at radius 2 is 1.83 bits per heavy atom. The first-order valence-corrected chi connectivity index (χ1v) is 16.6. The number of oxazole rings is 1. The van der Waals surface area contributed by atoms with Gasteiger partial charge in [0.1, 0.15) is 6.61 Å². The van der Waals surface area contributed by atoms with Gasteiger partial charge in [0.25, 0.3) is 5.71 Å². The number of aryl methyl sites for hydroxylation is 2. The number of benzene rings is 2. The van der Waals surface area contributed by atoms with E-state index in [1.807, 2.05) is 32.0 Å². The Morgan fingerprint density at radius 3 is 2.55 bits per heavy atom. The third-order valence-electron chi connectivity index (χ3n) is 8.31. The monoisotopic (exact) mass is 653 g/mol. The lowest BCUT2D eigenvalue weighted by Crippen LogP contribution is -2.36. The van der Waals surface area contributed by atoms with E-state index < -0.39 is 5.97 Å². The molecule has 2 aromatic carbocycles. The summed E-state index contributed by atoms with van der Waals surface area (Å²) in [6.07, 6.45) is 5.05. The highest BCUT2D eigenvalue weighted by atomic mass is 32.2. The number of aromatic carboxylic acids is 1. The number of anilines is 1. The predicted octanol–water partition coefficient (Wildman–Crippen LogP) is 7.36. The van der Waals surface area contributed by atoms with E-state index in [0.29, 0.717) is 42.2 Å². The van der Waals surface area contributed by atoms with Crippen molar-refractivity contribution in [1.82, 2.24) is 30.2 Å². The van der Waals surface area contributed by atoms with Crippen molar-refractivity contribution in [2.45, 2.75) is 77.3 Å². The van der Waals surface area contributed by atoms with E-state index in [0.717, 1.165) is 39.4 Å². The minimum atomic E-state index is -0.981. The van der Waals surface area contributed by atoms with Crippen molar-refractivity contribution in [1.29, 1.82) is 0 Å². The van der Waals surface area contributed by atoms with Crippen LogP contribution in [0.2, 0.25) is 0 Å². The quantitative estimate of drug-likeness (QED) is 0.103. The molecule has 12 heteroatoms. The van der Waals surface area contributed by atoms with Crippen LogP contribution in [0, 0.1) is 19.3 Å². The van der Waals surface area contributed by atoms with Crippen LogP contribution in [-0.4, -0.2) is 48.6 Å². The molecule has 1 aliphatic rings. The van der Waals surface area contributed by atoms with Gasteiger partial charge >= 0.3 is 5.97 Å². The summed E-state index contributed by atoms with van der Waals surface area (Å²) in [5, 5.41) is 13.0. The lowest BCUT2D eigenvalue weighted by atomic mass is 9.99. The van der Waals surface area contributed by atoms with Crippen LogP contribution in [0.25, 0.3) is 22.6 Å². The highest BCUT2D eigenvalue weighted by Crippen LogP contribution is 2.49. The second-order valence-electron chi connectivity index (χ2n) is 12.8. The van der Waals surface area contributed by atoms with Gasteiger partial charge in [-0.05, 0) is 79.8 Å². The molecule has 47 heavy (non-hydrogen) atoms. The molecule has 3 aromatic heterocycles. The van der Waals surface area contributed by atoms with Crippen molar-refractivity contribution in [3.8, 4) is 17.1 Å². The second-order valence-corrected chi connectivity index (χ2v) is 13.7. The summed E-state index contributed by atoms with van der Waals surface area (Å²) in [5.41, 5.74) is 6.15. The van der Waals surface area contributed by atoms with Gasteiger partial charge in [-0.15, -0.1) is 0 Å². The second kappa shape index (κ2) is 13.7. The van der Waals surface area contributed by atoms with Crippen LogP contribution in [0.3, 0.4) is 0 Å². The highest BCUT2D eigenvalue weighted by molar-refractivity contribution is 8.00. The molecule has 3 heterocycles. The van der Waals surface area contributed by atoms with Gasteiger partial charge in [0.2, 0.25) is 23.4 Å². The van der Waals surface area contributed by atoms with E-state index >= 15 is 0 Å². The van der Waals surface area contributed by atoms with E-state index in [9.17, 15) is 9.90 Å². The molecule has 1 saturated carbocycles. The first-order chi connectivity index (χ1) is 22.5. The molecule has 6 rings (SSSR count). The number of rotatable bonds is 14. The van der Waals surface area contributed by atoms with Crippen LogP contribution in [0.15, 0.2) is 64.0 Å². The van der Waals surface area contributed by atoms with Crippen molar-refractivity contribution in [2.75, 3.05) is 11.3 Å². The van der Waals surface area contributed by atoms with Crippen molar-refractivity contribution in [2.24, 2.45) is 5.41 Å². The average molecular weight is 654 g/mol. The topological polar surface area (TPSA) is 148 Å². The molecule has 3 N–H and O–H groups in total. The molecule has 11 nitrogen and oxygen atoms in total. The van der Waals surface area contributed by atoms with Crippen LogP contribution in [0.5, 0.6) is 5.88 Å². The standard InChI is InChI=1S/C35H39N7O4S/c1-20(2)31-41-30-32(46-31)38-25(18-37-30)17-36-24(16-35(5)12-13-35)19-45-28-15-27(29-21(3)8-6-9-22(29)4)39-34(40-28)42-47-26-11-7-10-23(14-26)33(43)44/h6-11,14-15,18,20,24,36H,12-13,16-17,19H2,1-5H3,(H,43,44)(H,39,40,42). The zero-order valence-corrected chi connectivity index (χ0v) is 28.0. The Hall–Kier alpha value is -4.55. The van der Waals surface area contributed by atoms with Gasteiger partial charge < -0.3 is 19.6 Å². The third kappa shape index (κ3) is 8.06. The number of hydrogen-bond acceptors (Lipinski definition) is 11. The molecule has 0 spiro atoms. The number of nitrogens with one attached hydrogen (secondary N) is 2. The predicted molar refractivity (Wildman–Crippen MR) is 182 cm³/mol. The molecule has 0 radical (unpaired) electrons. The van der Waals surface area contributed by atoms with E-state index in [4.69, 9.17) is 19.1 Å². The molecule has 0 bridgehead atoms. The van der Waals surface area contributed by atoms with Gasteiger partial charge in [-0.1, -0.05) is 45.0 Å². The summed E-state index contributed by atoms with van der Waals surface area (Å²) in [5.74, 6) is 0.607. The number of nitrogens with zero attached hydrogens (tertiary/aromatic N) is 5. The molecular formula is C35H39N7O4S. The lowest BCUT2D eigenvalue weighted by Gasteiger charge is -2.22. The molecule has 5 aromatic rings. The maximum atomic E-state index is 11.5. The van der Waals surface area contributed by atoms with Gasteiger partial charge in [-0.25, -0.2) is 19.7 Å². The van der Waals surface area contributed by atoms with Gasteiger partial charge in [-0.3, -0.25) is 4.72 Å². The number of carbonyl (C=O) groups is 1. The molecule has 1 aliphatic carbocycles. The maximum Gasteiger partial charge on any atom is 0.335 e. The number of carboxylic acid groups (broad SMARTS) is 1. The first-order valence-electron chi connectivity index (χ1n) is 15.8. The Balaban J connectivity index is 1.21. The van der Waals surface area contributed by atoms with Crippen LogP contribution in [-0.2, 0) is 6.54 Å². The summed E-state index contributed by atoms with van der Waals surface area (Å²) in [6.45, 7) is 11.4. The fourth-order valence-corrected chi connectivity index (χ4v) is 6.06. The van der Waals surface area contributed by atoms with E-state index in [1.54, 1.807) is 24.4 Å². The van der Waals surface area contributed by atoms with Gasteiger partial charge in [0, 0.05) is 35.0 Å². The van der Waals surface area contributed by atoms with Gasteiger partial charge in [-0.2, -0.15) is 9.97 Å². The van der Waals surface area contributed by atoms with E-state index in [-0.39, 0.29) is 22.9 Å². The fourth-order valence-electron chi connectivity index (χ4n) is 5.43. The van der Waals surface area contributed by atoms with Gasteiger partial charge in [0.05, 0.1) is 23.1 Å². The number of hydrogen-bond donors (Lipinski definition) is 3. The van der Waals surface area contributed by atoms with Crippen LogP contribution < -0.4 is 14.8 Å². The van der Waals surface area contributed by atoms with Gasteiger partial charge in [0.15, 0.2) is 0 Å². The number of carboxylic acids is 1. The molecule has 1 fully saturated rings. The SMILES string of the molecule is Cc1cccc(C)c1-c1cc(OCC(CC2(C)CC2)NCc2cnc3nc(C(C)C)oc3n2)nc(NSc2cccc(C(=O)O)c2)n1. The summed E-state index contributed by atoms with van der Waals surface area (Å²) in [7, 11) is 0.